The Morgan fingerprint density at radius 3 is 2.95 bits per heavy atom. The molecule has 2 atom stereocenters. The molecule has 2 aromatic heterocycles. The van der Waals surface area contributed by atoms with Crippen LogP contribution < -0.4 is 9.64 Å². The molecule has 1 saturated heterocycles. The van der Waals surface area contributed by atoms with Gasteiger partial charge in [-0.2, -0.15) is 10.1 Å². The Hall–Kier alpha value is -2.54. The van der Waals surface area contributed by atoms with E-state index >= 15 is 0 Å². The summed E-state index contributed by atoms with van der Waals surface area (Å²) in [5, 5.41) is 14.3. The van der Waals surface area contributed by atoms with Crippen molar-refractivity contribution in [2.24, 2.45) is 7.05 Å². The Bertz CT molecular complexity index is 764. The number of aliphatic hydroxyl groups is 1. The molecule has 0 amide bonds. The Kier molecular flexibility index (Phi) is 3.00. The molecule has 1 aliphatic heterocycles. The van der Waals surface area contributed by atoms with Gasteiger partial charge in [0.25, 0.3) is 6.01 Å². The van der Waals surface area contributed by atoms with Crippen LogP contribution in [0.15, 0.2) is 41.1 Å². The Labute approximate surface area is 126 Å². The summed E-state index contributed by atoms with van der Waals surface area (Å²) in [4.78, 5) is 6.35. The third kappa shape index (κ3) is 2.29. The number of aliphatic hydroxyl groups excluding tert-OH is 1. The van der Waals surface area contributed by atoms with Crippen LogP contribution in [-0.2, 0) is 7.05 Å². The molecule has 3 heterocycles. The van der Waals surface area contributed by atoms with Crippen LogP contribution in [0.2, 0.25) is 0 Å². The van der Waals surface area contributed by atoms with Crippen molar-refractivity contribution < 1.29 is 14.3 Å². The zero-order chi connectivity index (χ0) is 15.1. The first-order chi connectivity index (χ1) is 10.7. The van der Waals surface area contributed by atoms with E-state index in [9.17, 15) is 5.11 Å². The highest BCUT2D eigenvalue weighted by Gasteiger charge is 2.35. The van der Waals surface area contributed by atoms with Crippen molar-refractivity contribution >= 4 is 17.1 Å². The maximum absolute atomic E-state index is 10.2. The topological polar surface area (TPSA) is 76.5 Å². The third-order valence-corrected chi connectivity index (χ3v) is 3.76. The van der Waals surface area contributed by atoms with Gasteiger partial charge in [-0.15, -0.1) is 0 Å². The number of hydrogen-bond donors (Lipinski definition) is 1. The minimum absolute atomic E-state index is 0.334. The molecule has 0 spiro atoms. The highest BCUT2D eigenvalue weighted by Crippen LogP contribution is 2.26. The Morgan fingerprint density at radius 2 is 2.18 bits per heavy atom. The van der Waals surface area contributed by atoms with E-state index in [4.69, 9.17) is 9.15 Å². The van der Waals surface area contributed by atoms with Gasteiger partial charge in [-0.05, 0) is 12.1 Å². The SMILES string of the molecule is Cn1cc(O[C@@H]2CN(c3nc4ccccc4o3)C[C@H]2O)cn1. The number of aromatic nitrogens is 3. The lowest BCUT2D eigenvalue weighted by molar-refractivity contribution is 0.0737. The largest absolute Gasteiger partial charge is 0.482 e. The first kappa shape index (κ1) is 13.1. The van der Waals surface area contributed by atoms with Crippen LogP contribution in [0.1, 0.15) is 0 Å². The molecule has 7 heteroatoms. The number of anilines is 1. The molecule has 4 rings (SSSR count). The molecule has 0 radical (unpaired) electrons. The normalized spacial score (nSPS) is 21.6. The number of ether oxygens (including phenoxy) is 1. The molecule has 22 heavy (non-hydrogen) atoms. The van der Waals surface area contributed by atoms with Crippen LogP contribution in [0.5, 0.6) is 5.75 Å². The lowest BCUT2D eigenvalue weighted by atomic mass is 10.3. The van der Waals surface area contributed by atoms with Crippen molar-refractivity contribution in [2.75, 3.05) is 18.0 Å². The number of rotatable bonds is 3. The maximum Gasteiger partial charge on any atom is 0.298 e. The molecule has 1 aliphatic rings. The Morgan fingerprint density at radius 1 is 1.32 bits per heavy atom. The summed E-state index contributed by atoms with van der Waals surface area (Å²) in [6.07, 6.45) is 2.47. The molecule has 0 aliphatic carbocycles. The summed E-state index contributed by atoms with van der Waals surface area (Å²) in [6, 6.07) is 8.12. The van der Waals surface area contributed by atoms with Gasteiger partial charge in [0.2, 0.25) is 0 Å². The maximum atomic E-state index is 10.2. The van der Waals surface area contributed by atoms with E-state index in [0.29, 0.717) is 24.9 Å². The first-order valence-corrected chi connectivity index (χ1v) is 7.13. The van der Waals surface area contributed by atoms with Crippen LogP contribution >= 0.6 is 0 Å². The number of oxazole rings is 1. The molecule has 3 aromatic rings. The average Bonchev–Trinajstić information content (AvgIpc) is 3.19. The van der Waals surface area contributed by atoms with Gasteiger partial charge in [0.15, 0.2) is 11.3 Å². The molecular formula is C15H16N4O3. The average molecular weight is 300 g/mol. The van der Waals surface area contributed by atoms with Gasteiger partial charge in [0.1, 0.15) is 17.7 Å². The zero-order valence-corrected chi connectivity index (χ0v) is 12.1. The van der Waals surface area contributed by atoms with Crippen LogP contribution in [0, 0.1) is 0 Å². The molecule has 114 valence electrons. The fourth-order valence-electron chi connectivity index (χ4n) is 2.66. The highest BCUT2D eigenvalue weighted by atomic mass is 16.5. The predicted octanol–water partition coefficient (Wildman–Crippen LogP) is 1.19. The van der Waals surface area contributed by atoms with Gasteiger partial charge in [0.05, 0.1) is 25.5 Å². The summed E-state index contributed by atoms with van der Waals surface area (Å²) in [7, 11) is 1.82. The molecule has 0 bridgehead atoms. The molecular weight excluding hydrogens is 284 g/mol. The zero-order valence-electron chi connectivity index (χ0n) is 12.1. The van der Waals surface area contributed by atoms with Gasteiger partial charge < -0.3 is 19.2 Å². The van der Waals surface area contributed by atoms with Crippen LogP contribution in [-0.4, -0.2) is 45.2 Å². The van der Waals surface area contributed by atoms with Gasteiger partial charge in [-0.1, -0.05) is 12.1 Å². The van der Waals surface area contributed by atoms with Crippen molar-refractivity contribution in [1.82, 2.24) is 14.8 Å². The molecule has 7 nitrogen and oxygen atoms in total. The standard InChI is InChI=1S/C15H16N4O3/c1-18-7-10(6-16-18)21-14-9-19(8-12(14)20)15-17-11-4-2-3-5-13(11)22-15/h2-7,12,14,20H,8-9H2,1H3/t12-,14-/m1/s1. The molecule has 1 N–H and O–H groups in total. The summed E-state index contributed by atoms with van der Waals surface area (Å²) in [5.41, 5.74) is 1.55. The summed E-state index contributed by atoms with van der Waals surface area (Å²) in [6.45, 7) is 0.945. The number of hydrogen-bond acceptors (Lipinski definition) is 6. The second kappa shape index (κ2) is 5.03. The van der Waals surface area contributed by atoms with E-state index in [0.717, 1.165) is 11.1 Å². The fraction of sp³-hybridized carbons (Fsp3) is 0.333. The van der Waals surface area contributed by atoms with Crippen LogP contribution in [0.4, 0.5) is 6.01 Å². The number of benzene rings is 1. The van der Waals surface area contributed by atoms with Crippen molar-refractivity contribution in [3.8, 4) is 5.75 Å². The molecule has 0 saturated carbocycles. The smallest absolute Gasteiger partial charge is 0.298 e. The second-order valence-corrected chi connectivity index (χ2v) is 5.44. The van der Waals surface area contributed by atoms with Crippen LogP contribution in [0.3, 0.4) is 0 Å². The van der Waals surface area contributed by atoms with E-state index in [1.165, 1.54) is 0 Å². The number of fused-ring (bicyclic) bond motifs is 1. The minimum Gasteiger partial charge on any atom is -0.482 e. The van der Waals surface area contributed by atoms with Crippen molar-refractivity contribution in [3.05, 3.63) is 36.7 Å². The number of aryl methyl sites for hydroxylation is 1. The second-order valence-electron chi connectivity index (χ2n) is 5.44. The molecule has 0 unspecified atom stereocenters. The summed E-state index contributed by atoms with van der Waals surface area (Å²) >= 11 is 0. The van der Waals surface area contributed by atoms with Crippen molar-refractivity contribution in [3.63, 3.8) is 0 Å². The van der Waals surface area contributed by atoms with E-state index in [1.807, 2.05) is 36.2 Å². The Balaban J connectivity index is 1.52. The van der Waals surface area contributed by atoms with Gasteiger partial charge in [0, 0.05) is 7.05 Å². The number of para-hydroxylation sites is 2. The van der Waals surface area contributed by atoms with Gasteiger partial charge >= 0.3 is 0 Å². The van der Waals surface area contributed by atoms with Gasteiger partial charge in [-0.25, -0.2) is 0 Å². The minimum atomic E-state index is -0.602. The van der Waals surface area contributed by atoms with Gasteiger partial charge in [-0.3, -0.25) is 4.68 Å². The monoisotopic (exact) mass is 300 g/mol. The third-order valence-electron chi connectivity index (χ3n) is 3.76. The van der Waals surface area contributed by atoms with Crippen molar-refractivity contribution in [1.29, 1.82) is 0 Å². The van der Waals surface area contributed by atoms with E-state index in [-0.39, 0.29) is 6.10 Å². The van der Waals surface area contributed by atoms with E-state index in [2.05, 4.69) is 10.1 Å². The number of nitrogens with zero attached hydrogens (tertiary/aromatic N) is 4. The quantitative estimate of drug-likeness (QED) is 0.783. The molecule has 1 fully saturated rings. The van der Waals surface area contributed by atoms with Crippen molar-refractivity contribution in [2.45, 2.75) is 12.2 Å². The van der Waals surface area contributed by atoms with Crippen LogP contribution in [0.25, 0.3) is 11.1 Å². The predicted molar refractivity (Wildman–Crippen MR) is 79.9 cm³/mol. The fourth-order valence-corrected chi connectivity index (χ4v) is 2.66. The lowest BCUT2D eigenvalue weighted by Crippen LogP contribution is -2.29. The highest BCUT2D eigenvalue weighted by molar-refractivity contribution is 5.74. The first-order valence-electron chi connectivity index (χ1n) is 7.13. The van der Waals surface area contributed by atoms with E-state index < -0.39 is 6.10 Å². The summed E-state index contributed by atoms with van der Waals surface area (Å²) in [5.74, 6) is 0.644. The van der Waals surface area contributed by atoms with E-state index in [1.54, 1.807) is 17.1 Å². The molecule has 1 aromatic carbocycles. The summed E-state index contributed by atoms with van der Waals surface area (Å²) < 4.78 is 13.2. The number of β-amino-alcohol motifs (C(OH)–C–C–N with tert-alkyl or cyclic N) is 1. The lowest BCUT2D eigenvalue weighted by Gasteiger charge is -2.14.